The summed E-state index contributed by atoms with van der Waals surface area (Å²) >= 11 is 0. The van der Waals surface area contributed by atoms with Gasteiger partial charge in [0, 0.05) is 25.7 Å². The van der Waals surface area contributed by atoms with E-state index in [1.807, 2.05) is 0 Å². The molecule has 3 rings (SSSR count). The molecule has 0 aliphatic carbocycles. The van der Waals surface area contributed by atoms with E-state index in [9.17, 15) is 14.0 Å². The molecule has 2 aliphatic heterocycles. The number of likely N-dealkylation sites (tertiary alicyclic amines) is 1. The van der Waals surface area contributed by atoms with Crippen molar-refractivity contribution in [3.05, 3.63) is 30.1 Å². The van der Waals surface area contributed by atoms with Crippen LogP contribution in [0.15, 0.2) is 24.3 Å². The van der Waals surface area contributed by atoms with Gasteiger partial charge in [0.2, 0.25) is 5.91 Å². The lowest BCUT2D eigenvalue weighted by Crippen LogP contribution is -2.49. The lowest BCUT2D eigenvalue weighted by Gasteiger charge is -2.32. The number of nitrogens with one attached hydrogen (secondary N) is 3. The fraction of sp³-hybridized carbons (Fsp3) is 0.529. The third-order valence-corrected chi connectivity index (χ3v) is 4.60. The number of hydrogen-bond donors (Lipinski definition) is 3. The van der Waals surface area contributed by atoms with E-state index in [0.717, 1.165) is 32.4 Å². The highest BCUT2D eigenvalue weighted by atomic mass is 19.1. The van der Waals surface area contributed by atoms with Gasteiger partial charge in [-0.05, 0) is 37.9 Å². The van der Waals surface area contributed by atoms with Crippen LogP contribution in [0.3, 0.4) is 0 Å². The van der Waals surface area contributed by atoms with Crippen LogP contribution < -0.4 is 16.0 Å². The maximum absolute atomic E-state index is 13.6. The van der Waals surface area contributed by atoms with Gasteiger partial charge in [0.05, 0.1) is 11.6 Å². The van der Waals surface area contributed by atoms with Crippen molar-refractivity contribution in [2.24, 2.45) is 5.92 Å². The zero-order valence-electron chi connectivity index (χ0n) is 13.6. The third-order valence-electron chi connectivity index (χ3n) is 4.60. The van der Waals surface area contributed by atoms with Gasteiger partial charge in [-0.1, -0.05) is 12.1 Å². The molecule has 0 aromatic heterocycles. The highest BCUT2D eigenvalue weighted by Gasteiger charge is 2.30. The molecule has 1 aromatic carbocycles. The molecule has 2 fully saturated rings. The lowest BCUT2D eigenvalue weighted by atomic mass is 9.97. The van der Waals surface area contributed by atoms with E-state index in [1.54, 1.807) is 17.0 Å². The number of carbonyl (C=O) groups is 2. The lowest BCUT2D eigenvalue weighted by molar-refractivity contribution is -0.126. The van der Waals surface area contributed by atoms with E-state index in [-0.39, 0.29) is 29.6 Å². The minimum Gasteiger partial charge on any atom is -0.352 e. The highest BCUT2D eigenvalue weighted by Crippen LogP contribution is 2.19. The number of para-hydroxylation sites is 1. The molecule has 2 aliphatic rings. The first-order valence-corrected chi connectivity index (χ1v) is 8.45. The van der Waals surface area contributed by atoms with Crippen LogP contribution >= 0.6 is 0 Å². The van der Waals surface area contributed by atoms with Crippen molar-refractivity contribution >= 4 is 17.6 Å². The molecule has 2 heterocycles. The van der Waals surface area contributed by atoms with Crippen molar-refractivity contribution in [1.29, 1.82) is 0 Å². The number of amides is 3. The molecule has 6 nitrogen and oxygen atoms in total. The fourth-order valence-electron chi connectivity index (χ4n) is 3.23. The summed E-state index contributed by atoms with van der Waals surface area (Å²) in [6.45, 7) is 2.67. The second-order valence-corrected chi connectivity index (χ2v) is 6.39. The predicted molar refractivity (Wildman–Crippen MR) is 89.1 cm³/mol. The van der Waals surface area contributed by atoms with Gasteiger partial charge in [0.25, 0.3) is 0 Å². The van der Waals surface area contributed by atoms with Gasteiger partial charge in [-0.2, -0.15) is 0 Å². The number of urea groups is 1. The van der Waals surface area contributed by atoms with Crippen LogP contribution in [0.5, 0.6) is 0 Å². The first-order chi connectivity index (χ1) is 11.6. The van der Waals surface area contributed by atoms with Crippen LogP contribution in [-0.4, -0.2) is 49.1 Å². The zero-order chi connectivity index (χ0) is 16.9. The van der Waals surface area contributed by atoms with Gasteiger partial charge < -0.3 is 20.9 Å². The number of anilines is 1. The SMILES string of the molecule is O=C(NC1CCNC1)C1CCCN(C(=O)Nc2ccccc2F)C1. The second-order valence-electron chi connectivity index (χ2n) is 6.39. The van der Waals surface area contributed by atoms with Gasteiger partial charge in [0.1, 0.15) is 5.82 Å². The normalized spacial score (nSPS) is 23.8. The van der Waals surface area contributed by atoms with Crippen molar-refractivity contribution in [1.82, 2.24) is 15.5 Å². The first kappa shape index (κ1) is 16.7. The van der Waals surface area contributed by atoms with Gasteiger partial charge >= 0.3 is 6.03 Å². The molecule has 3 amide bonds. The summed E-state index contributed by atoms with van der Waals surface area (Å²) in [5.41, 5.74) is 0.158. The average Bonchev–Trinajstić information content (AvgIpc) is 3.10. The number of hydrogen-bond acceptors (Lipinski definition) is 3. The molecule has 24 heavy (non-hydrogen) atoms. The summed E-state index contributed by atoms with van der Waals surface area (Å²) in [4.78, 5) is 26.3. The summed E-state index contributed by atoms with van der Waals surface area (Å²) in [5, 5.41) is 8.85. The van der Waals surface area contributed by atoms with E-state index < -0.39 is 5.82 Å². The largest absolute Gasteiger partial charge is 0.352 e. The molecule has 0 bridgehead atoms. The maximum atomic E-state index is 13.6. The Morgan fingerprint density at radius 3 is 2.83 bits per heavy atom. The first-order valence-electron chi connectivity index (χ1n) is 8.45. The molecule has 3 N–H and O–H groups in total. The Hall–Kier alpha value is -2.15. The van der Waals surface area contributed by atoms with Crippen molar-refractivity contribution < 1.29 is 14.0 Å². The van der Waals surface area contributed by atoms with Gasteiger partial charge in [-0.15, -0.1) is 0 Å². The Morgan fingerprint density at radius 2 is 2.08 bits per heavy atom. The van der Waals surface area contributed by atoms with E-state index in [1.165, 1.54) is 12.1 Å². The number of carbonyl (C=O) groups excluding carboxylic acids is 2. The van der Waals surface area contributed by atoms with Gasteiger partial charge in [-0.3, -0.25) is 4.79 Å². The van der Waals surface area contributed by atoms with Crippen LogP contribution in [0.25, 0.3) is 0 Å². The number of benzene rings is 1. The summed E-state index contributed by atoms with van der Waals surface area (Å²) in [6, 6.07) is 5.89. The molecular weight excluding hydrogens is 311 g/mol. The molecule has 0 spiro atoms. The minimum absolute atomic E-state index is 0.00657. The quantitative estimate of drug-likeness (QED) is 0.785. The monoisotopic (exact) mass is 334 g/mol. The fourth-order valence-corrected chi connectivity index (χ4v) is 3.23. The molecule has 130 valence electrons. The van der Waals surface area contributed by atoms with E-state index >= 15 is 0 Å². The summed E-state index contributed by atoms with van der Waals surface area (Å²) in [7, 11) is 0. The topological polar surface area (TPSA) is 73.5 Å². The van der Waals surface area contributed by atoms with E-state index in [0.29, 0.717) is 13.1 Å². The van der Waals surface area contributed by atoms with Crippen LogP contribution in [0, 0.1) is 11.7 Å². The molecule has 0 saturated carbocycles. The molecule has 1 aromatic rings. The van der Waals surface area contributed by atoms with Gasteiger partial charge in [-0.25, -0.2) is 9.18 Å². The number of piperidine rings is 1. The van der Waals surface area contributed by atoms with Crippen molar-refractivity contribution in [2.75, 3.05) is 31.5 Å². The van der Waals surface area contributed by atoms with Crippen LogP contribution in [0.1, 0.15) is 19.3 Å². The minimum atomic E-state index is -0.467. The summed E-state index contributed by atoms with van der Waals surface area (Å²) in [5.74, 6) is -0.663. The molecule has 7 heteroatoms. The zero-order valence-corrected chi connectivity index (χ0v) is 13.6. The molecule has 0 radical (unpaired) electrons. The third kappa shape index (κ3) is 4.03. The van der Waals surface area contributed by atoms with E-state index in [2.05, 4.69) is 16.0 Å². The number of halogens is 1. The maximum Gasteiger partial charge on any atom is 0.321 e. The Morgan fingerprint density at radius 1 is 1.25 bits per heavy atom. The molecule has 2 atom stereocenters. The van der Waals surface area contributed by atoms with Crippen LogP contribution in [-0.2, 0) is 4.79 Å². The number of nitrogens with zero attached hydrogens (tertiary/aromatic N) is 1. The molecular formula is C17H23FN4O2. The Labute approximate surface area is 140 Å². The molecule has 2 saturated heterocycles. The predicted octanol–water partition coefficient (Wildman–Crippen LogP) is 1.55. The van der Waals surface area contributed by atoms with E-state index in [4.69, 9.17) is 0 Å². The van der Waals surface area contributed by atoms with Crippen LogP contribution in [0.2, 0.25) is 0 Å². The van der Waals surface area contributed by atoms with Crippen molar-refractivity contribution in [3.63, 3.8) is 0 Å². The van der Waals surface area contributed by atoms with Crippen molar-refractivity contribution in [3.8, 4) is 0 Å². The standard InChI is InChI=1S/C17H23FN4O2/c18-14-5-1-2-6-15(14)21-17(24)22-9-3-4-12(11-22)16(23)20-13-7-8-19-10-13/h1-2,5-6,12-13,19H,3-4,7-11H2,(H,20,23)(H,21,24). The smallest absolute Gasteiger partial charge is 0.321 e. The highest BCUT2D eigenvalue weighted by molar-refractivity contribution is 5.90. The number of rotatable bonds is 3. The Bertz CT molecular complexity index is 604. The average molecular weight is 334 g/mol. The Balaban J connectivity index is 1.55. The van der Waals surface area contributed by atoms with Crippen LogP contribution in [0.4, 0.5) is 14.9 Å². The van der Waals surface area contributed by atoms with Gasteiger partial charge in [0.15, 0.2) is 0 Å². The van der Waals surface area contributed by atoms with Crippen molar-refractivity contribution in [2.45, 2.75) is 25.3 Å². The molecule has 2 unspecified atom stereocenters. The second kappa shape index (κ2) is 7.61. The summed E-state index contributed by atoms with van der Waals surface area (Å²) in [6.07, 6.45) is 2.48. The summed E-state index contributed by atoms with van der Waals surface area (Å²) < 4.78 is 13.6. The Kier molecular flexibility index (Phi) is 5.30.